The van der Waals surface area contributed by atoms with Crippen LogP contribution in [0.4, 0.5) is 0 Å². The van der Waals surface area contributed by atoms with Gasteiger partial charge in [0, 0.05) is 23.6 Å². The summed E-state index contributed by atoms with van der Waals surface area (Å²) in [6.45, 7) is 0.209. The summed E-state index contributed by atoms with van der Waals surface area (Å²) in [7, 11) is 0. The van der Waals surface area contributed by atoms with Gasteiger partial charge >= 0.3 is 11.9 Å². The summed E-state index contributed by atoms with van der Waals surface area (Å²) in [4.78, 5) is 25.6. The maximum atomic E-state index is 13.2. The van der Waals surface area contributed by atoms with Crippen LogP contribution in [-0.4, -0.2) is 18.5 Å². The maximum Gasteiger partial charge on any atom is 0.311 e. The van der Waals surface area contributed by atoms with Crippen LogP contribution in [0.2, 0.25) is 0 Å². The fourth-order valence-corrected chi connectivity index (χ4v) is 5.82. The van der Waals surface area contributed by atoms with Crippen LogP contribution in [0, 0.1) is 5.92 Å². The number of esters is 2. The monoisotopic (exact) mass is 462 g/mol. The summed E-state index contributed by atoms with van der Waals surface area (Å²) in [5.74, 6) is 0.105. The molecule has 0 radical (unpaired) electrons. The van der Waals surface area contributed by atoms with E-state index in [1.807, 2.05) is 48.5 Å². The Hall–Kier alpha value is -3.92. The van der Waals surface area contributed by atoms with Gasteiger partial charge in [-0.15, -0.1) is 0 Å². The van der Waals surface area contributed by atoms with E-state index in [2.05, 4.69) is 36.4 Å². The van der Waals surface area contributed by atoms with E-state index in [1.165, 1.54) is 22.3 Å². The summed E-state index contributed by atoms with van der Waals surface area (Å²) >= 11 is 0. The Morgan fingerprint density at radius 3 is 2.11 bits per heavy atom. The third kappa shape index (κ3) is 3.89. The third-order valence-electron chi connectivity index (χ3n) is 7.35. The molecule has 174 valence electrons. The summed E-state index contributed by atoms with van der Waals surface area (Å²) in [5.41, 5.74) is 5.14. The molecule has 1 atom stereocenters. The zero-order valence-electron chi connectivity index (χ0n) is 19.4. The van der Waals surface area contributed by atoms with Crippen molar-refractivity contribution in [2.24, 2.45) is 5.92 Å². The first kappa shape index (κ1) is 21.6. The van der Waals surface area contributed by atoms with Gasteiger partial charge in [-0.25, -0.2) is 0 Å². The first-order valence-electron chi connectivity index (χ1n) is 12.2. The van der Waals surface area contributed by atoms with Crippen molar-refractivity contribution < 1.29 is 19.1 Å². The highest BCUT2D eigenvalue weighted by Gasteiger charge is 2.46. The second-order valence-corrected chi connectivity index (χ2v) is 9.35. The summed E-state index contributed by atoms with van der Waals surface area (Å²) in [6.07, 6.45) is 1.39. The molecule has 0 fully saturated rings. The molecule has 0 saturated carbocycles. The van der Waals surface area contributed by atoms with E-state index in [-0.39, 0.29) is 42.7 Å². The van der Waals surface area contributed by atoms with Gasteiger partial charge in [0.05, 0.1) is 12.5 Å². The molecule has 35 heavy (non-hydrogen) atoms. The quantitative estimate of drug-likeness (QED) is 0.190. The lowest BCUT2D eigenvalue weighted by atomic mass is 9.59. The lowest BCUT2D eigenvalue weighted by Gasteiger charge is -2.44. The molecule has 4 aromatic rings. The Bertz CT molecular complexity index is 1370. The first-order valence-corrected chi connectivity index (χ1v) is 12.2. The second kappa shape index (κ2) is 9.03. The highest BCUT2D eigenvalue weighted by Crippen LogP contribution is 2.55. The van der Waals surface area contributed by atoms with Gasteiger partial charge in [-0.2, -0.15) is 0 Å². The van der Waals surface area contributed by atoms with Crippen molar-refractivity contribution in [3.63, 3.8) is 0 Å². The largest absolute Gasteiger partial charge is 0.465 e. The van der Waals surface area contributed by atoms with Crippen LogP contribution in [-0.2, 0) is 14.3 Å². The molecule has 7 rings (SSSR count). The molecule has 0 spiro atoms. The fraction of sp³-hybridized carbons (Fsp3) is 0.226. The molecule has 0 aromatic heterocycles. The van der Waals surface area contributed by atoms with Crippen molar-refractivity contribution in [3.8, 4) is 5.75 Å². The normalized spacial score (nSPS) is 19.6. The van der Waals surface area contributed by atoms with E-state index < -0.39 is 0 Å². The van der Waals surface area contributed by atoms with Crippen molar-refractivity contribution in [2.75, 3.05) is 6.61 Å². The molecule has 2 bridgehead atoms. The van der Waals surface area contributed by atoms with Gasteiger partial charge in [-0.1, -0.05) is 84.9 Å². The summed E-state index contributed by atoms with van der Waals surface area (Å²) < 4.78 is 11.3. The highest BCUT2D eigenvalue weighted by atomic mass is 16.5. The molecule has 4 aromatic carbocycles. The zero-order valence-corrected chi connectivity index (χ0v) is 19.4. The van der Waals surface area contributed by atoms with Crippen LogP contribution in [0.3, 0.4) is 0 Å². The van der Waals surface area contributed by atoms with Crippen LogP contribution in [0.15, 0.2) is 91.0 Å². The van der Waals surface area contributed by atoms with E-state index in [4.69, 9.17) is 9.47 Å². The lowest BCUT2D eigenvalue weighted by molar-refractivity contribution is -0.150. The Morgan fingerprint density at radius 1 is 0.743 bits per heavy atom. The molecule has 0 aliphatic heterocycles. The van der Waals surface area contributed by atoms with Crippen molar-refractivity contribution in [3.05, 3.63) is 113 Å². The van der Waals surface area contributed by atoms with Crippen molar-refractivity contribution >= 4 is 22.7 Å². The summed E-state index contributed by atoms with van der Waals surface area (Å²) in [6, 6.07) is 30.4. The predicted molar refractivity (Wildman–Crippen MR) is 134 cm³/mol. The number of ether oxygens (including phenoxy) is 2. The van der Waals surface area contributed by atoms with Gasteiger partial charge in [0.1, 0.15) is 5.75 Å². The van der Waals surface area contributed by atoms with Gasteiger partial charge in [0.15, 0.2) is 0 Å². The van der Waals surface area contributed by atoms with Crippen molar-refractivity contribution in [1.29, 1.82) is 0 Å². The van der Waals surface area contributed by atoms with Crippen LogP contribution in [0.1, 0.15) is 53.4 Å². The Balaban J connectivity index is 1.08. The van der Waals surface area contributed by atoms with E-state index in [1.54, 1.807) is 6.07 Å². The molecule has 3 aliphatic carbocycles. The van der Waals surface area contributed by atoms with Crippen LogP contribution >= 0.6 is 0 Å². The Kier molecular flexibility index (Phi) is 5.57. The van der Waals surface area contributed by atoms with Crippen LogP contribution in [0.5, 0.6) is 5.75 Å². The number of benzene rings is 4. The van der Waals surface area contributed by atoms with E-state index >= 15 is 0 Å². The molecule has 0 N–H and O–H groups in total. The minimum Gasteiger partial charge on any atom is -0.465 e. The number of hydrogen-bond donors (Lipinski definition) is 0. The molecule has 0 saturated heterocycles. The standard InChI is InChI=1S/C31H26O4/c32-29(35-28-16-7-10-20-9-1-2-11-21(20)28)17-8-18-34-31(33)27-19-26-22-12-3-5-14-24(22)30(27)25-15-6-4-13-23(25)26/h1-7,9-16,26-27,30H,8,17-19H2. The van der Waals surface area contributed by atoms with Gasteiger partial charge in [-0.05, 0) is 46.5 Å². The topological polar surface area (TPSA) is 52.6 Å². The van der Waals surface area contributed by atoms with Gasteiger partial charge < -0.3 is 9.47 Å². The highest BCUT2D eigenvalue weighted by molar-refractivity contribution is 5.90. The van der Waals surface area contributed by atoms with E-state index in [0.29, 0.717) is 12.2 Å². The van der Waals surface area contributed by atoms with Gasteiger partial charge in [-0.3, -0.25) is 9.59 Å². The average Bonchev–Trinajstić information content (AvgIpc) is 2.91. The summed E-state index contributed by atoms with van der Waals surface area (Å²) in [5, 5.41) is 1.93. The Morgan fingerprint density at radius 2 is 1.37 bits per heavy atom. The molecular weight excluding hydrogens is 436 g/mol. The van der Waals surface area contributed by atoms with E-state index in [9.17, 15) is 9.59 Å². The molecule has 1 unspecified atom stereocenters. The minimum absolute atomic E-state index is 0.0243. The molecule has 3 aliphatic rings. The van der Waals surface area contributed by atoms with Gasteiger partial charge in [0.25, 0.3) is 0 Å². The number of carbonyl (C=O) groups is 2. The lowest BCUT2D eigenvalue weighted by Crippen LogP contribution is -2.37. The molecule has 4 nitrogen and oxygen atoms in total. The fourth-order valence-electron chi connectivity index (χ4n) is 5.82. The average molecular weight is 463 g/mol. The SMILES string of the molecule is O=C(CCCOC(=O)C1CC2c3ccccc3C1c1ccccc12)Oc1cccc2ccccc12. The predicted octanol–water partition coefficient (Wildman–Crippen LogP) is 6.37. The number of carbonyl (C=O) groups excluding carboxylic acids is 2. The van der Waals surface area contributed by atoms with Crippen LogP contribution in [0.25, 0.3) is 10.8 Å². The maximum absolute atomic E-state index is 13.2. The number of fused-ring (bicyclic) bond motifs is 2. The molecule has 0 heterocycles. The van der Waals surface area contributed by atoms with Crippen LogP contribution < -0.4 is 4.74 Å². The van der Waals surface area contributed by atoms with Crippen molar-refractivity contribution in [1.82, 2.24) is 0 Å². The minimum atomic E-state index is -0.322. The first-order chi connectivity index (χ1) is 17.2. The molecule has 4 heteroatoms. The van der Waals surface area contributed by atoms with Gasteiger partial charge in [0.2, 0.25) is 0 Å². The smallest absolute Gasteiger partial charge is 0.311 e. The number of hydrogen-bond acceptors (Lipinski definition) is 4. The van der Waals surface area contributed by atoms with Crippen molar-refractivity contribution in [2.45, 2.75) is 31.1 Å². The Labute approximate surface area is 204 Å². The third-order valence-corrected chi connectivity index (χ3v) is 7.35. The molecule has 0 amide bonds. The molecular formula is C31H26O4. The zero-order chi connectivity index (χ0) is 23.8. The number of rotatable bonds is 6. The second-order valence-electron chi connectivity index (χ2n) is 9.35. The van der Waals surface area contributed by atoms with E-state index in [0.717, 1.165) is 17.2 Å².